The van der Waals surface area contributed by atoms with Gasteiger partial charge in [-0.1, -0.05) is 31.0 Å². The number of hydrogen-bond acceptors (Lipinski definition) is 2. The van der Waals surface area contributed by atoms with Crippen LogP contribution in [-0.2, 0) is 4.79 Å². The van der Waals surface area contributed by atoms with Crippen LogP contribution in [0.3, 0.4) is 0 Å². The summed E-state index contributed by atoms with van der Waals surface area (Å²) in [4.78, 5) is 13.9. The molecule has 2 rings (SSSR count). The summed E-state index contributed by atoms with van der Waals surface area (Å²) >= 11 is 0. The number of benzene rings is 1. The van der Waals surface area contributed by atoms with Crippen molar-refractivity contribution in [3.63, 3.8) is 0 Å². The molecule has 100 valence electrons. The summed E-state index contributed by atoms with van der Waals surface area (Å²) in [5.74, 6) is 0.181. The maximum atomic E-state index is 12.0. The molecular formula is C14H21ClN2O. The molecule has 0 aromatic heterocycles. The Bertz CT molecular complexity index is 363. The van der Waals surface area contributed by atoms with Crippen LogP contribution >= 0.6 is 12.4 Å². The predicted molar refractivity (Wildman–Crippen MR) is 77.2 cm³/mol. The molecule has 0 radical (unpaired) electrons. The second-order valence-corrected chi connectivity index (χ2v) is 4.66. The molecule has 18 heavy (non-hydrogen) atoms. The van der Waals surface area contributed by atoms with E-state index in [1.54, 1.807) is 0 Å². The zero-order valence-electron chi connectivity index (χ0n) is 10.8. The van der Waals surface area contributed by atoms with Crippen LogP contribution in [0.25, 0.3) is 0 Å². The fourth-order valence-electron chi connectivity index (χ4n) is 2.35. The van der Waals surface area contributed by atoms with Gasteiger partial charge in [0.2, 0.25) is 5.91 Å². The van der Waals surface area contributed by atoms with Gasteiger partial charge in [0.15, 0.2) is 0 Å². The summed E-state index contributed by atoms with van der Waals surface area (Å²) in [6, 6.07) is 10.3. The van der Waals surface area contributed by atoms with Gasteiger partial charge < -0.3 is 10.2 Å². The smallest absolute Gasteiger partial charge is 0.241 e. The molecule has 0 aliphatic heterocycles. The normalized spacial score (nSPS) is 14.9. The highest BCUT2D eigenvalue weighted by Gasteiger charge is 2.22. The van der Waals surface area contributed by atoms with E-state index in [0.29, 0.717) is 12.6 Å². The van der Waals surface area contributed by atoms with Gasteiger partial charge in [0.05, 0.1) is 6.54 Å². The number of anilines is 1. The molecule has 1 N–H and O–H groups in total. The van der Waals surface area contributed by atoms with E-state index in [1.165, 1.54) is 12.8 Å². The van der Waals surface area contributed by atoms with Crippen molar-refractivity contribution in [2.75, 3.05) is 18.9 Å². The zero-order chi connectivity index (χ0) is 12.1. The van der Waals surface area contributed by atoms with Crippen LogP contribution in [0.15, 0.2) is 30.3 Å². The van der Waals surface area contributed by atoms with Gasteiger partial charge in [0.1, 0.15) is 0 Å². The van der Waals surface area contributed by atoms with Crippen LogP contribution in [0.2, 0.25) is 0 Å². The van der Waals surface area contributed by atoms with E-state index in [2.05, 4.69) is 5.32 Å². The Balaban J connectivity index is 0.00000162. The number of nitrogens with one attached hydrogen (secondary N) is 1. The van der Waals surface area contributed by atoms with Crippen LogP contribution in [0.1, 0.15) is 25.7 Å². The Morgan fingerprint density at radius 3 is 2.50 bits per heavy atom. The zero-order valence-corrected chi connectivity index (χ0v) is 11.6. The molecule has 1 aliphatic carbocycles. The number of carbonyl (C=O) groups excluding carboxylic acids is 1. The largest absolute Gasteiger partial charge is 0.376 e. The second kappa shape index (κ2) is 7.27. The molecule has 0 bridgehead atoms. The summed E-state index contributed by atoms with van der Waals surface area (Å²) < 4.78 is 0. The molecular weight excluding hydrogens is 248 g/mol. The number of nitrogens with zero attached hydrogens (tertiary/aromatic N) is 1. The van der Waals surface area contributed by atoms with Crippen molar-refractivity contribution in [3.8, 4) is 0 Å². The van der Waals surface area contributed by atoms with Crippen LogP contribution in [0.4, 0.5) is 5.69 Å². The van der Waals surface area contributed by atoms with Crippen LogP contribution in [0, 0.1) is 0 Å². The summed E-state index contributed by atoms with van der Waals surface area (Å²) in [7, 11) is 1.92. The third-order valence-corrected chi connectivity index (χ3v) is 3.48. The van der Waals surface area contributed by atoms with Gasteiger partial charge in [-0.05, 0) is 25.0 Å². The van der Waals surface area contributed by atoms with Crippen molar-refractivity contribution in [2.45, 2.75) is 31.7 Å². The molecule has 1 aliphatic rings. The van der Waals surface area contributed by atoms with E-state index in [-0.39, 0.29) is 18.3 Å². The van der Waals surface area contributed by atoms with Crippen molar-refractivity contribution in [2.24, 2.45) is 0 Å². The van der Waals surface area contributed by atoms with Crippen molar-refractivity contribution in [1.82, 2.24) is 4.90 Å². The average Bonchev–Trinajstić information content (AvgIpc) is 2.90. The standard InChI is InChI=1S/C14H20N2O.ClH/c1-16(13-9-5-6-10-13)14(17)11-15-12-7-3-2-4-8-12;/h2-4,7-8,13,15H,5-6,9-11H2,1H3;1H. The van der Waals surface area contributed by atoms with E-state index in [1.807, 2.05) is 42.3 Å². The fraction of sp³-hybridized carbons (Fsp3) is 0.500. The summed E-state index contributed by atoms with van der Waals surface area (Å²) in [6.07, 6.45) is 4.84. The summed E-state index contributed by atoms with van der Waals surface area (Å²) in [5, 5.41) is 3.16. The van der Waals surface area contributed by atoms with Gasteiger partial charge >= 0.3 is 0 Å². The van der Waals surface area contributed by atoms with Crippen molar-refractivity contribution in [3.05, 3.63) is 30.3 Å². The Morgan fingerprint density at radius 1 is 1.28 bits per heavy atom. The van der Waals surface area contributed by atoms with E-state index >= 15 is 0 Å². The number of likely N-dealkylation sites (N-methyl/N-ethyl adjacent to an activating group) is 1. The van der Waals surface area contributed by atoms with Gasteiger partial charge in [-0.15, -0.1) is 12.4 Å². The Kier molecular flexibility index (Phi) is 5.99. The maximum absolute atomic E-state index is 12.0. The lowest BCUT2D eigenvalue weighted by atomic mass is 10.2. The molecule has 1 saturated carbocycles. The molecule has 0 unspecified atom stereocenters. The molecule has 1 amide bonds. The first-order valence-electron chi connectivity index (χ1n) is 6.32. The average molecular weight is 269 g/mol. The van der Waals surface area contributed by atoms with E-state index in [9.17, 15) is 4.79 Å². The molecule has 4 heteroatoms. The lowest BCUT2D eigenvalue weighted by Crippen LogP contribution is -2.38. The van der Waals surface area contributed by atoms with Crippen molar-refractivity contribution >= 4 is 24.0 Å². The number of amides is 1. The maximum Gasteiger partial charge on any atom is 0.241 e. The lowest BCUT2D eigenvalue weighted by molar-refractivity contribution is -0.129. The second-order valence-electron chi connectivity index (χ2n) is 4.66. The fourth-order valence-corrected chi connectivity index (χ4v) is 2.35. The molecule has 0 heterocycles. The molecule has 1 aromatic rings. The van der Waals surface area contributed by atoms with E-state index < -0.39 is 0 Å². The topological polar surface area (TPSA) is 32.3 Å². The third kappa shape index (κ3) is 3.91. The number of rotatable bonds is 4. The molecule has 0 saturated heterocycles. The summed E-state index contributed by atoms with van der Waals surface area (Å²) in [6.45, 7) is 0.386. The first kappa shape index (κ1) is 14.8. The van der Waals surface area contributed by atoms with Gasteiger partial charge in [-0.25, -0.2) is 0 Å². The van der Waals surface area contributed by atoms with Crippen LogP contribution < -0.4 is 5.32 Å². The van der Waals surface area contributed by atoms with Crippen molar-refractivity contribution < 1.29 is 4.79 Å². The molecule has 0 atom stereocenters. The first-order chi connectivity index (χ1) is 8.27. The SMILES string of the molecule is CN(C(=O)CNc1ccccc1)C1CCCC1.Cl. The highest BCUT2D eigenvalue weighted by molar-refractivity contribution is 5.85. The Labute approximate surface area is 115 Å². The van der Waals surface area contributed by atoms with E-state index in [0.717, 1.165) is 18.5 Å². The lowest BCUT2D eigenvalue weighted by Gasteiger charge is -2.24. The first-order valence-corrected chi connectivity index (χ1v) is 6.32. The number of halogens is 1. The predicted octanol–water partition coefficient (Wildman–Crippen LogP) is 2.92. The highest BCUT2D eigenvalue weighted by atomic mass is 35.5. The number of carbonyl (C=O) groups is 1. The van der Waals surface area contributed by atoms with Crippen molar-refractivity contribution in [1.29, 1.82) is 0 Å². The van der Waals surface area contributed by atoms with Gasteiger partial charge in [-0.3, -0.25) is 4.79 Å². The minimum Gasteiger partial charge on any atom is -0.376 e. The highest BCUT2D eigenvalue weighted by Crippen LogP contribution is 2.22. The monoisotopic (exact) mass is 268 g/mol. The molecule has 0 spiro atoms. The van der Waals surface area contributed by atoms with Gasteiger partial charge in [-0.2, -0.15) is 0 Å². The quantitative estimate of drug-likeness (QED) is 0.911. The molecule has 3 nitrogen and oxygen atoms in total. The van der Waals surface area contributed by atoms with Crippen LogP contribution in [-0.4, -0.2) is 30.4 Å². The minimum absolute atomic E-state index is 0. The minimum atomic E-state index is 0. The molecule has 1 aromatic carbocycles. The van der Waals surface area contributed by atoms with Gasteiger partial charge in [0.25, 0.3) is 0 Å². The van der Waals surface area contributed by atoms with Gasteiger partial charge in [0, 0.05) is 18.8 Å². The number of hydrogen-bond donors (Lipinski definition) is 1. The van der Waals surface area contributed by atoms with E-state index in [4.69, 9.17) is 0 Å². The Hall–Kier alpha value is -1.22. The van der Waals surface area contributed by atoms with Crippen LogP contribution in [0.5, 0.6) is 0 Å². The summed E-state index contributed by atoms with van der Waals surface area (Å²) in [5.41, 5.74) is 1.00. The molecule has 1 fully saturated rings. The number of para-hydroxylation sites is 1. The Morgan fingerprint density at radius 2 is 1.89 bits per heavy atom. The third-order valence-electron chi connectivity index (χ3n) is 3.48.